The molecule has 7 aromatic rings. The first-order chi connectivity index (χ1) is 30.0. The van der Waals surface area contributed by atoms with Gasteiger partial charge in [0, 0.05) is 17.0 Å². The minimum absolute atomic E-state index is 0.925. The minimum Gasteiger partial charge on any atom is -0.207 e. The molecule has 0 fully saturated rings. The molecule has 0 saturated heterocycles. The zero-order valence-electron chi connectivity index (χ0n) is 31.3. The van der Waals surface area contributed by atoms with E-state index >= 15 is 35.1 Å². The zero-order chi connectivity index (χ0) is 47.4. The topological polar surface area (TPSA) is 3.88 Å². The van der Waals surface area contributed by atoms with E-state index in [4.69, 9.17) is 0 Å². The van der Waals surface area contributed by atoms with E-state index in [2.05, 4.69) is 78.5 Å². The minimum atomic E-state index is -7.22. The summed E-state index contributed by atoms with van der Waals surface area (Å²) in [5.74, 6) is -71.4. The second-order valence-electron chi connectivity index (χ2n) is 13.7. The molecule has 0 bridgehead atoms. The van der Waals surface area contributed by atoms with Crippen LogP contribution in [0.2, 0.25) is 0 Å². The van der Waals surface area contributed by atoms with Gasteiger partial charge in [-0.05, 0) is 23.4 Å². The van der Waals surface area contributed by atoms with E-state index in [1.807, 2.05) is 0 Å². The average Bonchev–Trinajstić information content (AvgIpc) is 3.29. The van der Waals surface area contributed by atoms with Crippen LogP contribution in [-0.4, -0.2) is 6.15 Å². The van der Waals surface area contributed by atoms with Crippen molar-refractivity contribution < 1.29 is 92.4 Å². The normalized spacial score (nSPS) is 11.6. The number of aromatic nitrogens is 1. The maximum Gasteiger partial charge on any atom is 0.200 e. The number of hydrogen-bond donors (Lipinski definition) is 0. The van der Waals surface area contributed by atoms with Crippen LogP contribution in [0.5, 0.6) is 0 Å². The SMILES string of the molecule is CCc1ccc(C[n+]2ccc3ccccc3c2)cc1.Fc1c(F)c(F)c([B-](c2c(F)c(F)c(F)c(F)c2F)(c2c(F)c(F)c(F)c(F)c2F)c2c(F)c(F)c(F)c(F)c2F)c(F)c1F. The summed E-state index contributed by atoms with van der Waals surface area (Å²) in [5, 5.41) is 2.58. The van der Waals surface area contributed by atoms with E-state index in [-0.39, 0.29) is 0 Å². The monoisotopic (exact) mass is 927 g/mol. The van der Waals surface area contributed by atoms with Crippen LogP contribution in [0.1, 0.15) is 18.1 Å². The molecule has 0 saturated carbocycles. The lowest BCUT2D eigenvalue weighted by Crippen LogP contribution is -2.81. The van der Waals surface area contributed by atoms with Gasteiger partial charge in [-0.2, -0.15) is 0 Å². The van der Waals surface area contributed by atoms with Crippen LogP contribution in [0.3, 0.4) is 0 Å². The van der Waals surface area contributed by atoms with Gasteiger partial charge in [0.1, 0.15) is 52.7 Å². The molecule has 0 aliphatic carbocycles. The van der Waals surface area contributed by atoms with E-state index in [0.717, 1.165) is 13.0 Å². The molecular formula is C42H18BF20N. The molecule has 0 radical (unpaired) electrons. The molecule has 0 atom stereocenters. The predicted octanol–water partition coefficient (Wildman–Crippen LogP) is 9.58. The van der Waals surface area contributed by atoms with Crippen molar-refractivity contribution in [1.29, 1.82) is 0 Å². The van der Waals surface area contributed by atoms with Gasteiger partial charge in [-0.1, -0.05) is 49.4 Å². The summed E-state index contributed by atoms with van der Waals surface area (Å²) in [6.45, 7) is 3.11. The lowest BCUT2D eigenvalue weighted by atomic mass is 9.12. The first kappa shape index (κ1) is 46.9. The fourth-order valence-electron chi connectivity index (χ4n) is 7.24. The Labute approximate surface area is 345 Å². The van der Waals surface area contributed by atoms with Crippen molar-refractivity contribution in [3.8, 4) is 0 Å². The Morgan fingerprint density at radius 3 is 0.891 bits per heavy atom. The quantitative estimate of drug-likeness (QED) is 0.0494. The molecular weight excluding hydrogens is 909 g/mol. The summed E-state index contributed by atoms with van der Waals surface area (Å²) in [6.07, 6.45) is -1.76. The molecule has 0 aliphatic rings. The fraction of sp³-hybridized carbons (Fsp3) is 0.0714. The van der Waals surface area contributed by atoms with Crippen LogP contribution < -0.4 is 26.4 Å². The molecule has 22 heteroatoms. The smallest absolute Gasteiger partial charge is 0.200 e. The molecule has 0 unspecified atom stereocenters. The van der Waals surface area contributed by atoms with E-state index in [0.29, 0.717) is 0 Å². The summed E-state index contributed by atoms with van der Waals surface area (Å²) >= 11 is 0. The van der Waals surface area contributed by atoms with Crippen LogP contribution in [0.25, 0.3) is 10.8 Å². The highest BCUT2D eigenvalue weighted by atomic mass is 19.2. The molecule has 0 amide bonds. The van der Waals surface area contributed by atoms with Gasteiger partial charge in [-0.15, -0.1) is 21.9 Å². The Morgan fingerprint density at radius 2 is 0.594 bits per heavy atom. The molecule has 0 aliphatic heterocycles. The maximum absolute atomic E-state index is 15.4. The number of fused-ring (bicyclic) bond motifs is 1. The van der Waals surface area contributed by atoms with Gasteiger partial charge in [-0.25, -0.2) is 92.4 Å². The lowest BCUT2D eigenvalue weighted by Gasteiger charge is -2.44. The van der Waals surface area contributed by atoms with E-state index < -0.39 is 144 Å². The van der Waals surface area contributed by atoms with Crippen molar-refractivity contribution in [2.24, 2.45) is 0 Å². The first-order valence-corrected chi connectivity index (χ1v) is 17.7. The van der Waals surface area contributed by atoms with Crippen molar-refractivity contribution >= 4 is 38.8 Å². The Kier molecular flexibility index (Phi) is 12.8. The number of hydrogen-bond acceptors (Lipinski definition) is 0. The average molecular weight is 927 g/mol. The number of nitrogens with zero attached hydrogens (tertiary/aromatic N) is 1. The molecule has 7 rings (SSSR count). The number of benzene rings is 6. The molecule has 1 nitrogen and oxygen atoms in total. The Hall–Kier alpha value is -6.61. The standard InChI is InChI=1S/C24BF20.C18H18N/c26-5-1(6(27)14(35)21(42)13(5)34)25(2-7(28)15(36)22(43)16(37)8(2)29,3-9(30)17(38)23(44)18(39)10(3)31)4-11(32)19(40)24(45)20(41)12(4)33;1-2-15-7-9-16(10-8-15)13-19-12-11-17-5-3-4-6-18(17)14-19/h;3-12,14H,2,13H2,1H3/q-1;+1. The van der Waals surface area contributed by atoms with Crippen molar-refractivity contribution in [2.75, 3.05) is 0 Å². The second-order valence-corrected chi connectivity index (χ2v) is 13.7. The van der Waals surface area contributed by atoms with Gasteiger partial charge in [-0.3, -0.25) is 0 Å². The van der Waals surface area contributed by atoms with Gasteiger partial charge < -0.3 is 0 Å². The van der Waals surface area contributed by atoms with Crippen LogP contribution in [-0.2, 0) is 13.0 Å². The van der Waals surface area contributed by atoms with Crippen LogP contribution in [0, 0.1) is 116 Å². The summed E-state index contributed by atoms with van der Waals surface area (Å²) in [5.41, 5.74) is -11.6. The summed E-state index contributed by atoms with van der Waals surface area (Å²) in [6, 6.07) is 19.5. The molecule has 1 heterocycles. The predicted molar refractivity (Wildman–Crippen MR) is 188 cm³/mol. The summed E-state index contributed by atoms with van der Waals surface area (Å²) in [4.78, 5) is 0. The number of pyridine rings is 1. The number of rotatable bonds is 7. The van der Waals surface area contributed by atoms with Crippen LogP contribution in [0.4, 0.5) is 87.8 Å². The third-order valence-corrected chi connectivity index (χ3v) is 10.2. The lowest BCUT2D eigenvalue weighted by molar-refractivity contribution is -0.687. The van der Waals surface area contributed by atoms with Crippen molar-refractivity contribution in [3.05, 3.63) is 194 Å². The van der Waals surface area contributed by atoms with Gasteiger partial charge >= 0.3 is 0 Å². The van der Waals surface area contributed by atoms with E-state index in [9.17, 15) is 52.7 Å². The Bertz CT molecular complexity index is 2630. The molecule has 0 spiro atoms. The molecule has 0 N–H and O–H groups in total. The van der Waals surface area contributed by atoms with Gasteiger partial charge in [0.2, 0.25) is 0 Å². The molecule has 6 aromatic carbocycles. The van der Waals surface area contributed by atoms with Gasteiger partial charge in [0.05, 0.1) is 0 Å². The van der Waals surface area contributed by atoms with Crippen LogP contribution in [0.15, 0.2) is 67.0 Å². The van der Waals surface area contributed by atoms with Crippen molar-refractivity contribution in [2.45, 2.75) is 19.9 Å². The van der Waals surface area contributed by atoms with Gasteiger partial charge in [0.15, 0.2) is 88.7 Å². The first-order valence-electron chi connectivity index (χ1n) is 17.7. The summed E-state index contributed by atoms with van der Waals surface area (Å²) < 4.78 is 296. The largest absolute Gasteiger partial charge is 0.207 e. The maximum atomic E-state index is 15.4. The second kappa shape index (κ2) is 17.5. The number of halogens is 20. The number of aryl methyl sites for hydroxylation is 1. The summed E-state index contributed by atoms with van der Waals surface area (Å²) in [7, 11) is 0. The van der Waals surface area contributed by atoms with Crippen molar-refractivity contribution in [3.63, 3.8) is 0 Å². The Balaban J connectivity index is 0.000000295. The highest BCUT2D eigenvalue weighted by molar-refractivity contribution is 7.20. The van der Waals surface area contributed by atoms with Crippen LogP contribution >= 0.6 is 0 Å². The van der Waals surface area contributed by atoms with E-state index in [1.54, 1.807) is 0 Å². The zero-order valence-corrected chi connectivity index (χ0v) is 31.3. The third-order valence-electron chi connectivity index (χ3n) is 10.2. The third kappa shape index (κ3) is 7.34. The van der Waals surface area contributed by atoms with E-state index in [1.165, 1.54) is 21.9 Å². The van der Waals surface area contributed by atoms with Crippen molar-refractivity contribution in [1.82, 2.24) is 0 Å². The highest BCUT2D eigenvalue weighted by Crippen LogP contribution is 2.31. The highest BCUT2D eigenvalue weighted by Gasteiger charge is 2.52. The Morgan fingerprint density at radius 1 is 0.328 bits per heavy atom. The fourth-order valence-corrected chi connectivity index (χ4v) is 7.24. The molecule has 64 heavy (non-hydrogen) atoms. The van der Waals surface area contributed by atoms with Gasteiger partial charge in [0.25, 0.3) is 0 Å². The molecule has 334 valence electrons. The molecule has 1 aromatic heterocycles.